The third-order valence-electron chi connectivity index (χ3n) is 3.17. The van der Waals surface area contributed by atoms with Gasteiger partial charge in [-0.3, -0.25) is 4.79 Å². The van der Waals surface area contributed by atoms with Crippen LogP contribution >= 0.6 is 11.8 Å². The Morgan fingerprint density at radius 1 is 1.48 bits per heavy atom. The number of nitrogens with two attached hydrogens (primary N) is 2. The fraction of sp³-hybridized carbons (Fsp3) is 0.333. The van der Waals surface area contributed by atoms with Crippen LogP contribution in [0.15, 0.2) is 23.8 Å². The molecule has 1 unspecified atom stereocenters. The maximum Gasteiger partial charge on any atom is 0.256 e. The molecule has 2 aromatic heterocycles. The van der Waals surface area contributed by atoms with E-state index in [-0.39, 0.29) is 5.25 Å². The fourth-order valence-corrected chi connectivity index (χ4v) is 3.39. The van der Waals surface area contributed by atoms with E-state index in [1.165, 1.54) is 18.1 Å². The number of nitrogens with zero attached hydrogens (tertiary/aromatic N) is 4. The minimum Gasteiger partial charge on any atom is -0.365 e. The van der Waals surface area contributed by atoms with Crippen LogP contribution in [0.3, 0.4) is 0 Å². The summed E-state index contributed by atoms with van der Waals surface area (Å²) < 4.78 is 0. The Balaban J connectivity index is 2.01. The number of fused-ring (bicyclic) bond motifs is 1. The molecule has 8 nitrogen and oxygen atoms in total. The number of thioether (sulfide) groups is 1. The van der Waals surface area contributed by atoms with Crippen LogP contribution in [0.1, 0.15) is 6.42 Å². The second kappa shape index (κ2) is 5.70. The zero-order chi connectivity index (χ0) is 14.8. The molecule has 1 atom stereocenters. The molecule has 110 valence electrons. The molecule has 0 spiro atoms. The second-order valence-electron chi connectivity index (χ2n) is 4.63. The molecule has 2 aromatic rings. The topological polar surface area (TPSA) is 127 Å². The molecule has 0 aliphatic carbocycles. The fourth-order valence-electron chi connectivity index (χ4n) is 2.24. The normalized spacial score (nSPS) is 18.8. The van der Waals surface area contributed by atoms with Gasteiger partial charge in [-0.25, -0.2) is 15.0 Å². The van der Waals surface area contributed by atoms with Gasteiger partial charge in [-0.1, -0.05) is 0 Å². The molecule has 3 heterocycles. The summed E-state index contributed by atoms with van der Waals surface area (Å²) in [5.74, 6) is 0.236. The van der Waals surface area contributed by atoms with Crippen molar-refractivity contribution in [2.75, 3.05) is 18.0 Å². The standard InChI is InChI=1S/C12H15N7OS/c13-2-1-7-3-19(4-8(21-7)10(14)20)12-9-11(16-5-15-9)17-6-18-12/h4-7H,1-3,13H2,(H2,14,20)(H,15,16,17,18). The summed E-state index contributed by atoms with van der Waals surface area (Å²) in [6, 6.07) is 0. The first kappa shape index (κ1) is 13.8. The number of carbonyl (C=O) groups excluding carboxylic acids is 1. The maximum absolute atomic E-state index is 11.5. The van der Waals surface area contributed by atoms with Crippen molar-refractivity contribution >= 4 is 34.7 Å². The molecule has 3 rings (SSSR count). The van der Waals surface area contributed by atoms with Gasteiger partial charge in [-0.05, 0) is 13.0 Å². The highest BCUT2D eigenvalue weighted by Crippen LogP contribution is 2.33. The Hall–Kier alpha value is -2.13. The number of aromatic nitrogens is 4. The lowest BCUT2D eigenvalue weighted by Crippen LogP contribution is -2.34. The third-order valence-corrected chi connectivity index (χ3v) is 4.45. The first-order valence-electron chi connectivity index (χ1n) is 6.48. The van der Waals surface area contributed by atoms with Crippen molar-refractivity contribution in [3.8, 4) is 0 Å². The highest BCUT2D eigenvalue weighted by atomic mass is 32.2. The highest BCUT2D eigenvalue weighted by molar-refractivity contribution is 8.04. The maximum atomic E-state index is 11.5. The molecule has 0 saturated heterocycles. The number of nitrogens with one attached hydrogen (secondary N) is 1. The average Bonchev–Trinajstić information content (AvgIpc) is 2.95. The number of hydrogen-bond acceptors (Lipinski definition) is 7. The Bertz CT molecular complexity index is 698. The van der Waals surface area contributed by atoms with Crippen LogP contribution in [0, 0.1) is 0 Å². The van der Waals surface area contributed by atoms with Gasteiger partial charge in [0, 0.05) is 18.0 Å². The lowest BCUT2D eigenvalue weighted by atomic mass is 10.2. The largest absolute Gasteiger partial charge is 0.365 e. The number of H-pyrrole nitrogens is 1. The Morgan fingerprint density at radius 3 is 3.10 bits per heavy atom. The zero-order valence-corrected chi connectivity index (χ0v) is 12.0. The number of aromatic amines is 1. The Kier molecular flexibility index (Phi) is 3.76. The summed E-state index contributed by atoms with van der Waals surface area (Å²) in [7, 11) is 0. The van der Waals surface area contributed by atoms with E-state index in [4.69, 9.17) is 11.5 Å². The van der Waals surface area contributed by atoms with Crippen molar-refractivity contribution < 1.29 is 4.79 Å². The number of amides is 1. The van der Waals surface area contributed by atoms with E-state index in [2.05, 4.69) is 19.9 Å². The van der Waals surface area contributed by atoms with E-state index in [0.29, 0.717) is 29.5 Å². The Labute approximate surface area is 125 Å². The number of primary amides is 1. The van der Waals surface area contributed by atoms with E-state index >= 15 is 0 Å². The van der Waals surface area contributed by atoms with E-state index < -0.39 is 5.91 Å². The summed E-state index contributed by atoms with van der Waals surface area (Å²) in [4.78, 5) is 29.4. The van der Waals surface area contributed by atoms with Crippen LogP contribution in [0.5, 0.6) is 0 Å². The van der Waals surface area contributed by atoms with E-state index in [1.807, 2.05) is 4.90 Å². The number of rotatable bonds is 4. The molecule has 1 amide bonds. The molecule has 21 heavy (non-hydrogen) atoms. The highest BCUT2D eigenvalue weighted by Gasteiger charge is 2.26. The number of carbonyl (C=O) groups is 1. The van der Waals surface area contributed by atoms with Gasteiger partial charge < -0.3 is 21.4 Å². The molecule has 0 fully saturated rings. The summed E-state index contributed by atoms with van der Waals surface area (Å²) in [5, 5.41) is 0.190. The van der Waals surface area contributed by atoms with Gasteiger partial charge in [-0.2, -0.15) is 0 Å². The van der Waals surface area contributed by atoms with E-state index in [0.717, 1.165) is 11.9 Å². The van der Waals surface area contributed by atoms with Crippen molar-refractivity contribution in [2.45, 2.75) is 11.7 Å². The van der Waals surface area contributed by atoms with E-state index in [1.54, 1.807) is 12.5 Å². The van der Waals surface area contributed by atoms with Crippen molar-refractivity contribution in [2.24, 2.45) is 11.5 Å². The summed E-state index contributed by atoms with van der Waals surface area (Å²) in [5.41, 5.74) is 12.4. The summed E-state index contributed by atoms with van der Waals surface area (Å²) in [6.07, 6.45) is 5.54. The second-order valence-corrected chi connectivity index (χ2v) is 5.97. The first-order valence-corrected chi connectivity index (χ1v) is 7.36. The predicted molar refractivity (Wildman–Crippen MR) is 81.4 cm³/mol. The quantitative estimate of drug-likeness (QED) is 0.722. The van der Waals surface area contributed by atoms with Crippen LogP contribution in [-0.2, 0) is 4.79 Å². The van der Waals surface area contributed by atoms with Crippen molar-refractivity contribution in [1.29, 1.82) is 0 Å². The zero-order valence-electron chi connectivity index (χ0n) is 11.2. The molecular formula is C12H15N7OS. The molecule has 0 aromatic carbocycles. The van der Waals surface area contributed by atoms with Crippen molar-refractivity contribution in [3.63, 3.8) is 0 Å². The molecule has 0 saturated carbocycles. The average molecular weight is 305 g/mol. The van der Waals surface area contributed by atoms with Crippen molar-refractivity contribution in [1.82, 2.24) is 19.9 Å². The molecule has 0 radical (unpaired) electrons. The smallest absolute Gasteiger partial charge is 0.256 e. The van der Waals surface area contributed by atoms with Gasteiger partial charge in [-0.15, -0.1) is 11.8 Å². The summed E-state index contributed by atoms with van der Waals surface area (Å²) in [6.45, 7) is 1.25. The number of imidazole rings is 1. The lowest BCUT2D eigenvalue weighted by Gasteiger charge is -2.30. The van der Waals surface area contributed by atoms with Crippen LogP contribution in [-0.4, -0.2) is 44.2 Å². The molecular weight excluding hydrogens is 290 g/mol. The monoisotopic (exact) mass is 305 g/mol. The lowest BCUT2D eigenvalue weighted by molar-refractivity contribution is -0.113. The number of hydrogen-bond donors (Lipinski definition) is 3. The van der Waals surface area contributed by atoms with Gasteiger partial charge in [0.15, 0.2) is 11.5 Å². The first-order chi connectivity index (χ1) is 10.2. The van der Waals surface area contributed by atoms with Gasteiger partial charge in [0.1, 0.15) is 11.8 Å². The van der Waals surface area contributed by atoms with Crippen LogP contribution in [0.4, 0.5) is 5.82 Å². The Morgan fingerprint density at radius 2 is 2.33 bits per heavy atom. The molecule has 1 aliphatic rings. The predicted octanol–water partition coefficient (Wildman–Crippen LogP) is -0.0498. The summed E-state index contributed by atoms with van der Waals surface area (Å²) >= 11 is 1.47. The third kappa shape index (κ3) is 2.69. The SMILES string of the molecule is NCCC1CN(c2ncnc3nc[nH]c23)C=C(C(N)=O)S1. The minimum atomic E-state index is -0.443. The minimum absolute atomic E-state index is 0.190. The van der Waals surface area contributed by atoms with Crippen LogP contribution in [0.25, 0.3) is 11.2 Å². The molecule has 1 aliphatic heterocycles. The van der Waals surface area contributed by atoms with Crippen molar-refractivity contribution in [3.05, 3.63) is 23.8 Å². The van der Waals surface area contributed by atoms with Crippen LogP contribution in [0.2, 0.25) is 0 Å². The van der Waals surface area contributed by atoms with Crippen LogP contribution < -0.4 is 16.4 Å². The van der Waals surface area contributed by atoms with Gasteiger partial charge >= 0.3 is 0 Å². The van der Waals surface area contributed by atoms with Gasteiger partial charge in [0.25, 0.3) is 5.91 Å². The molecule has 5 N–H and O–H groups in total. The number of anilines is 1. The van der Waals surface area contributed by atoms with Gasteiger partial charge in [0.05, 0.1) is 11.2 Å². The molecule has 0 bridgehead atoms. The van der Waals surface area contributed by atoms with E-state index in [9.17, 15) is 4.79 Å². The van der Waals surface area contributed by atoms with Gasteiger partial charge in [0.2, 0.25) is 0 Å². The molecule has 9 heteroatoms.